The van der Waals surface area contributed by atoms with Crippen LogP contribution in [0, 0.1) is 0 Å². The van der Waals surface area contributed by atoms with Crippen LogP contribution >= 0.6 is 27.3 Å². The molecule has 0 spiro atoms. The third-order valence-electron chi connectivity index (χ3n) is 3.09. The van der Waals surface area contributed by atoms with Gasteiger partial charge in [-0.15, -0.1) is 11.3 Å². The molecule has 0 saturated carbocycles. The number of ether oxygens (including phenoxy) is 2. The minimum atomic E-state index is -0.436. The smallest absolute Gasteiger partial charge is 0.279 e. The van der Waals surface area contributed by atoms with E-state index in [1.165, 1.54) is 17.4 Å². The number of hydrogen-bond acceptors (Lipinski definition) is 5. The summed E-state index contributed by atoms with van der Waals surface area (Å²) in [5.41, 5.74) is 5.48. The predicted octanol–water partition coefficient (Wildman–Crippen LogP) is 2.76. The lowest BCUT2D eigenvalue weighted by atomic mass is 10.2. The van der Waals surface area contributed by atoms with Crippen molar-refractivity contribution >= 4 is 45.2 Å². The SMILES string of the molecule is O=C(/C=C/c1ccc2c(c1)OCCO2)NNC(=O)c1ccc(Br)s1. The van der Waals surface area contributed by atoms with Crippen LogP contribution in [-0.2, 0) is 4.79 Å². The molecule has 0 aliphatic carbocycles. The molecule has 24 heavy (non-hydrogen) atoms. The van der Waals surface area contributed by atoms with Gasteiger partial charge in [-0.2, -0.15) is 0 Å². The van der Waals surface area contributed by atoms with E-state index >= 15 is 0 Å². The standard InChI is InChI=1S/C16H13BrN2O4S/c17-14-5-4-13(24-14)16(21)19-18-15(20)6-2-10-1-3-11-12(9-10)23-8-7-22-11/h1-6,9H,7-8H2,(H,18,20)(H,19,21)/b6-2+. The van der Waals surface area contributed by atoms with Crippen LogP contribution in [0.2, 0.25) is 0 Å². The zero-order valence-electron chi connectivity index (χ0n) is 12.4. The van der Waals surface area contributed by atoms with Crippen LogP contribution in [0.5, 0.6) is 11.5 Å². The maximum absolute atomic E-state index is 11.8. The van der Waals surface area contributed by atoms with E-state index in [2.05, 4.69) is 26.8 Å². The summed E-state index contributed by atoms with van der Waals surface area (Å²) in [6.45, 7) is 1.04. The topological polar surface area (TPSA) is 76.7 Å². The van der Waals surface area contributed by atoms with Gasteiger partial charge in [0.25, 0.3) is 11.8 Å². The monoisotopic (exact) mass is 408 g/mol. The third kappa shape index (κ3) is 4.15. The van der Waals surface area contributed by atoms with Gasteiger partial charge in [-0.1, -0.05) is 6.07 Å². The summed E-state index contributed by atoms with van der Waals surface area (Å²) in [6.07, 6.45) is 2.96. The van der Waals surface area contributed by atoms with Gasteiger partial charge in [-0.3, -0.25) is 20.4 Å². The fourth-order valence-electron chi connectivity index (χ4n) is 1.99. The van der Waals surface area contributed by atoms with Crippen molar-refractivity contribution in [3.63, 3.8) is 0 Å². The second-order valence-electron chi connectivity index (χ2n) is 4.78. The van der Waals surface area contributed by atoms with Gasteiger partial charge >= 0.3 is 0 Å². The Kier molecular flexibility index (Phi) is 5.17. The Hall–Kier alpha value is -2.32. The van der Waals surface area contributed by atoms with E-state index in [1.54, 1.807) is 30.3 Å². The molecule has 3 rings (SSSR count). The molecule has 0 bridgehead atoms. The normalized spacial score (nSPS) is 12.9. The number of hydrazine groups is 1. The second-order valence-corrected chi connectivity index (χ2v) is 7.25. The maximum atomic E-state index is 11.8. The zero-order valence-corrected chi connectivity index (χ0v) is 14.8. The summed E-state index contributed by atoms with van der Waals surface area (Å²) >= 11 is 4.56. The molecule has 2 N–H and O–H groups in total. The number of rotatable bonds is 3. The first-order chi connectivity index (χ1) is 11.6. The van der Waals surface area contributed by atoms with Crippen LogP contribution in [0.3, 0.4) is 0 Å². The van der Waals surface area contributed by atoms with Gasteiger partial charge in [0.2, 0.25) is 0 Å². The highest BCUT2D eigenvalue weighted by Gasteiger charge is 2.11. The van der Waals surface area contributed by atoms with Gasteiger partial charge in [0.1, 0.15) is 13.2 Å². The summed E-state index contributed by atoms with van der Waals surface area (Å²) in [5, 5.41) is 0. The lowest BCUT2D eigenvalue weighted by molar-refractivity contribution is -0.117. The van der Waals surface area contributed by atoms with E-state index in [4.69, 9.17) is 9.47 Å². The van der Waals surface area contributed by atoms with E-state index < -0.39 is 5.91 Å². The van der Waals surface area contributed by atoms with E-state index in [0.29, 0.717) is 29.6 Å². The molecule has 0 atom stereocenters. The molecule has 124 valence electrons. The fraction of sp³-hybridized carbons (Fsp3) is 0.125. The minimum absolute atomic E-state index is 0.369. The fourth-order valence-corrected chi connectivity index (χ4v) is 3.27. The highest BCUT2D eigenvalue weighted by Crippen LogP contribution is 2.31. The number of carbonyl (C=O) groups is 2. The molecule has 1 aliphatic heterocycles. The van der Waals surface area contributed by atoms with Crippen LogP contribution in [-0.4, -0.2) is 25.0 Å². The molecule has 1 aliphatic rings. The van der Waals surface area contributed by atoms with Crippen LogP contribution in [0.15, 0.2) is 40.2 Å². The summed E-state index contributed by atoms with van der Waals surface area (Å²) in [6, 6.07) is 8.84. The average molecular weight is 409 g/mol. The Bertz CT molecular complexity index is 803. The van der Waals surface area contributed by atoms with E-state index in [-0.39, 0.29) is 5.91 Å². The average Bonchev–Trinajstić information content (AvgIpc) is 3.04. The summed E-state index contributed by atoms with van der Waals surface area (Å²) in [7, 11) is 0. The summed E-state index contributed by atoms with van der Waals surface area (Å²) in [5.74, 6) is 0.540. The Morgan fingerprint density at radius 1 is 1.08 bits per heavy atom. The summed E-state index contributed by atoms with van der Waals surface area (Å²) in [4.78, 5) is 24.1. The maximum Gasteiger partial charge on any atom is 0.279 e. The molecule has 2 amide bonds. The third-order valence-corrected chi connectivity index (χ3v) is 4.71. The van der Waals surface area contributed by atoms with Crippen molar-refractivity contribution in [2.24, 2.45) is 0 Å². The first-order valence-electron chi connectivity index (χ1n) is 7.05. The molecule has 0 fully saturated rings. The number of halogens is 1. The van der Waals surface area contributed by atoms with Crippen molar-refractivity contribution in [2.75, 3.05) is 13.2 Å². The number of carbonyl (C=O) groups excluding carboxylic acids is 2. The van der Waals surface area contributed by atoms with Crippen molar-refractivity contribution in [3.05, 3.63) is 50.6 Å². The van der Waals surface area contributed by atoms with Crippen molar-refractivity contribution in [2.45, 2.75) is 0 Å². The first-order valence-corrected chi connectivity index (χ1v) is 8.66. The molecule has 8 heteroatoms. The van der Waals surface area contributed by atoms with Crippen LogP contribution in [0.4, 0.5) is 0 Å². The van der Waals surface area contributed by atoms with Crippen molar-refractivity contribution in [3.8, 4) is 11.5 Å². The zero-order chi connectivity index (χ0) is 16.9. The van der Waals surface area contributed by atoms with Crippen LogP contribution in [0.1, 0.15) is 15.2 Å². The first kappa shape index (κ1) is 16.5. The van der Waals surface area contributed by atoms with E-state index in [0.717, 1.165) is 9.35 Å². The number of thiophene rings is 1. The molecule has 1 aromatic carbocycles. The van der Waals surface area contributed by atoms with Crippen molar-refractivity contribution in [1.82, 2.24) is 10.9 Å². The van der Waals surface area contributed by atoms with Gasteiger partial charge in [0.05, 0.1) is 8.66 Å². The van der Waals surface area contributed by atoms with Gasteiger partial charge in [0.15, 0.2) is 11.5 Å². The van der Waals surface area contributed by atoms with Gasteiger partial charge < -0.3 is 9.47 Å². The number of fused-ring (bicyclic) bond motifs is 1. The van der Waals surface area contributed by atoms with E-state index in [9.17, 15) is 9.59 Å². The molecule has 0 unspecified atom stereocenters. The minimum Gasteiger partial charge on any atom is -0.486 e. The van der Waals surface area contributed by atoms with Gasteiger partial charge in [-0.05, 0) is 51.8 Å². The Morgan fingerprint density at radius 3 is 2.62 bits per heavy atom. The highest BCUT2D eigenvalue weighted by molar-refractivity contribution is 9.11. The Labute approximate surface area is 150 Å². The molecular weight excluding hydrogens is 396 g/mol. The molecule has 0 radical (unpaired) electrons. The van der Waals surface area contributed by atoms with Gasteiger partial charge in [-0.25, -0.2) is 0 Å². The number of hydrogen-bond donors (Lipinski definition) is 2. The van der Waals surface area contributed by atoms with Crippen LogP contribution < -0.4 is 20.3 Å². The second kappa shape index (κ2) is 7.50. The van der Waals surface area contributed by atoms with Crippen molar-refractivity contribution < 1.29 is 19.1 Å². The molecule has 6 nitrogen and oxygen atoms in total. The molecular formula is C16H13BrN2O4S. The van der Waals surface area contributed by atoms with Crippen molar-refractivity contribution in [1.29, 1.82) is 0 Å². The van der Waals surface area contributed by atoms with Gasteiger partial charge in [0, 0.05) is 6.08 Å². The quantitative estimate of drug-likeness (QED) is 0.604. The number of amides is 2. The number of benzene rings is 1. The lowest BCUT2D eigenvalue weighted by Crippen LogP contribution is -2.40. The van der Waals surface area contributed by atoms with E-state index in [1.807, 2.05) is 6.07 Å². The molecule has 2 heterocycles. The molecule has 2 aromatic rings. The molecule has 1 aromatic heterocycles. The lowest BCUT2D eigenvalue weighted by Gasteiger charge is -2.18. The Balaban J connectivity index is 1.54. The largest absolute Gasteiger partial charge is 0.486 e. The number of nitrogens with one attached hydrogen (secondary N) is 2. The van der Waals surface area contributed by atoms with Crippen LogP contribution in [0.25, 0.3) is 6.08 Å². The Morgan fingerprint density at radius 2 is 1.88 bits per heavy atom. The molecule has 0 saturated heterocycles. The predicted molar refractivity (Wildman–Crippen MR) is 94.1 cm³/mol. The summed E-state index contributed by atoms with van der Waals surface area (Å²) < 4.78 is 11.8. The highest BCUT2D eigenvalue weighted by atomic mass is 79.9.